The summed E-state index contributed by atoms with van der Waals surface area (Å²) < 4.78 is 0.263. The molecular formula is C10H20N2O2. The number of carboxylic acids is 1. The second-order valence-electron chi connectivity index (χ2n) is 4.91. The fraction of sp³-hybridized carbons (Fsp3) is 0.700. The molecule has 0 aromatic heterocycles. The Morgan fingerprint density at radius 3 is 2.14 bits per heavy atom. The van der Waals surface area contributed by atoms with Crippen LogP contribution in [-0.4, -0.2) is 43.3 Å². The minimum absolute atomic E-state index is 0.263. The molecule has 82 valence electrons. The summed E-state index contributed by atoms with van der Waals surface area (Å²) in [5.41, 5.74) is -0.420. The maximum atomic E-state index is 10.9. The molecule has 0 rings (SSSR count). The first-order valence-corrected chi connectivity index (χ1v) is 4.53. The van der Waals surface area contributed by atoms with Gasteiger partial charge < -0.3 is 14.4 Å². The van der Waals surface area contributed by atoms with Crippen molar-refractivity contribution in [1.29, 1.82) is 0 Å². The Balaban J connectivity index is 4.72. The van der Waals surface area contributed by atoms with Crippen molar-refractivity contribution in [3.05, 3.63) is 12.7 Å². The molecule has 4 heteroatoms. The maximum Gasteiger partial charge on any atom is 0.184 e. The van der Waals surface area contributed by atoms with Crippen molar-refractivity contribution in [3.8, 4) is 0 Å². The zero-order chi connectivity index (χ0) is 11.6. The van der Waals surface area contributed by atoms with E-state index >= 15 is 0 Å². The molecule has 1 N–H and O–H groups in total. The van der Waals surface area contributed by atoms with Crippen molar-refractivity contribution in [2.75, 3.05) is 21.1 Å². The number of hydrogen-bond donors (Lipinski definition) is 1. The molecule has 0 bridgehead atoms. The van der Waals surface area contributed by atoms with Gasteiger partial charge in [0.15, 0.2) is 6.17 Å². The zero-order valence-corrected chi connectivity index (χ0v) is 9.63. The first kappa shape index (κ1) is 13.1. The van der Waals surface area contributed by atoms with Crippen LogP contribution in [0.3, 0.4) is 0 Å². The highest BCUT2D eigenvalue weighted by Gasteiger charge is 2.29. The normalized spacial score (nSPS) is 14.9. The Hall–Kier alpha value is -0.870. The minimum Gasteiger partial charge on any atom is -0.543 e. The molecule has 0 saturated carbocycles. The van der Waals surface area contributed by atoms with Crippen LogP contribution in [-0.2, 0) is 4.79 Å². The number of rotatable bonds is 5. The second-order valence-corrected chi connectivity index (χ2v) is 4.91. The molecule has 0 fully saturated rings. The number of nitrogens with one attached hydrogen (secondary N) is 1. The van der Waals surface area contributed by atoms with Gasteiger partial charge in [-0.05, 0) is 13.8 Å². The van der Waals surface area contributed by atoms with Crippen LogP contribution in [0.4, 0.5) is 0 Å². The minimum atomic E-state index is -1.10. The average Bonchev–Trinajstić information content (AvgIpc) is 1.98. The number of quaternary nitrogens is 1. The fourth-order valence-electron chi connectivity index (χ4n) is 0.980. The van der Waals surface area contributed by atoms with Gasteiger partial charge in [0.05, 0.1) is 21.1 Å². The summed E-state index contributed by atoms with van der Waals surface area (Å²) in [6, 6.07) is 0. The van der Waals surface area contributed by atoms with E-state index in [4.69, 9.17) is 0 Å². The Kier molecular flexibility index (Phi) is 3.85. The number of carbonyl (C=O) groups excluding carboxylic acids is 1. The highest BCUT2D eigenvalue weighted by atomic mass is 16.4. The average molecular weight is 200 g/mol. The van der Waals surface area contributed by atoms with Gasteiger partial charge in [0, 0.05) is 5.54 Å². The number of aliphatic carboxylic acids is 1. The van der Waals surface area contributed by atoms with E-state index in [-0.39, 0.29) is 4.48 Å². The molecule has 0 radical (unpaired) electrons. The SMILES string of the molecule is C=CC(C)(C)NC(C(=O)[O-])[N+](C)(C)C. The molecule has 4 nitrogen and oxygen atoms in total. The molecule has 0 aromatic rings. The van der Waals surface area contributed by atoms with E-state index in [0.717, 1.165) is 0 Å². The van der Waals surface area contributed by atoms with Gasteiger partial charge in [-0.25, -0.2) is 0 Å². The Bertz CT molecular complexity index is 229. The van der Waals surface area contributed by atoms with Crippen molar-refractivity contribution in [2.45, 2.75) is 25.6 Å². The van der Waals surface area contributed by atoms with Gasteiger partial charge in [0.25, 0.3) is 0 Å². The van der Waals surface area contributed by atoms with Crippen molar-refractivity contribution in [1.82, 2.24) is 5.32 Å². The third-order valence-electron chi connectivity index (χ3n) is 2.02. The van der Waals surface area contributed by atoms with E-state index in [1.54, 1.807) is 27.2 Å². The van der Waals surface area contributed by atoms with Crippen molar-refractivity contribution >= 4 is 5.97 Å². The predicted octanol–water partition coefficient (Wildman–Crippen LogP) is -0.677. The van der Waals surface area contributed by atoms with Gasteiger partial charge in [-0.1, -0.05) is 6.08 Å². The van der Waals surface area contributed by atoms with Gasteiger partial charge in [0.2, 0.25) is 0 Å². The van der Waals surface area contributed by atoms with E-state index in [1.807, 2.05) is 13.8 Å². The summed E-state index contributed by atoms with van der Waals surface area (Å²) in [5.74, 6) is -1.10. The number of nitrogens with zero attached hydrogens (tertiary/aromatic N) is 1. The lowest BCUT2D eigenvalue weighted by Gasteiger charge is -2.39. The number of hydrogen-bond acceptors (Lipinski definition) is 3. The molecular weight excluding hydrogens is 180 g/mol. The summed E-state index contributed by atoms with van der Waals surface area (Å²) in [6.45, 7) is 7.38. The zero-order valence-electron chi connectivity index (χ0n) is 9.63. The van der Waals surface area contributed by atoms with Crippen molar-refractivity contribution < 1.29 is 14.4 Å². The van der Waals surface area contributed by atoms with Crippen molar-refractivity contribution in [2.24, 2.45) is 0 Å². The smallest absolute Gasteiger partial charge is 0.184 e. The van der Waals surface area contributed by atoms with E-state index in [9.17, 15) is 9.90 Å². The third-order valence-corrected chi connectivity index (χ3v) is 2.02. The Labute approximate surface area is 85.8 Å². The van der Waals surface area contributed by atoms with Gasteiger partial charge in [-0.3, -0.25) is 5.32 Å². The van der Waals surface area contributed by atoms with Gasteiger partial charge in [0.1, 0.15) is 5.97 Å². The largest absolute Gasteiger partial charge is 0.543 e. The molecule has 1 unspecified atom stereocenters. The second kappa shape index (κ2) is 4.11. The van der Waals surface area contributed by atoms with E-state index in [0.29, 0.717) is 0 Å². The summed E-state index contributed by atoms with van der Waals surface area (Å²) in [6.07, 6.45) is 0.932. The summed E-state index contributed by atoms with van der Waals surface area (Å²) in [7, 11) is 5.39. The van der Waals surface area contributed by atoms with E-state index in [2.05, 4.69) is 11.9 Å². The molecule has 0 aliphatic rings. The standard InChI is InChI=1S/C10H20N2O2/c1-7-10(2,3)11-8(9(13)14)12(4,5)6/h7-8,11H,1H2,2-6H3. The molecule has 0 aromatic carbocycles. The van der Waals surface area contributed by atoms with Crippen LogP contribution in [0, 0.1) is 0 Å². The summed E-state index contributed by atoms with van der Waals surface area (Å²) >= 11 is 0. The first-order chi connectivity index (χ1) is 6.10. The number of carbonyl (C=O) groups is 1. The van der Waals surface area contributed by atoms with Gasteiger partial charge in [-0.2, -0.15) is 0 Å². The van der Waals surface area contributed by atoms with E-state index in [1.165, 1.54) is 0 Å². The lowest BCUT2D eigenvalue weighted by atomic mass is 10.1. The first-order valence-electron chi connectivity index (χ1n) is 4.53. The summed E-state index contributed by atoms with van der Waals surface area (Å²) in [4.78, 5) is 10.9. The monoisotopic (exact) mass is 200 g/mol. The Morgan fingerprint density at radius 2 is 1.93 bits per heavy atom. The topological polar surface area (TPSA) is 52.2 Å². The molecule has 14 heavy (non-hydrogen) atoms. The molecule has 0 aliphatic heterocycles. The fourth-order valence-corrected chi connectivity index (χ4v) is 0.980. The molecule has 0 spiro atoms. The quantitative estimate of drug-likeness (QED) is 0.363. The lowest BCUT2D eigenvalue weighted by Crippen LogP contribution is -2.65. The molecule has 0 heterocycles. The molecule has 0 aliphatic carbocycles. The molecule has 0 amide bonds. The van der Waals surface area contributed by atoms with Crippen molar-refractivity contribution in [3.63, 3.8) is 0 Å². The van der Waals surface area contributed by atoms with Crippen LogP contribution >= 0.6 is 0 Å². The van der Waals surface area contributed by atoms with Crippen LogP contribution in [0.25, 0.3) is 0 Å². The van der Waals surface area contributed by atoms with Crippen LogP contribution in [0.5, 0.6) is 0 Å². The number of likely N-dealkylation sites (N-methyl/N-ethyl adjacent to an activating group) is 1. The van der Waals surface area contributed by atoms with Crippen LogP contribution < -0.4 is 10.4 Å². The highest BCUT2D eigenvalue weighted by molar-refractivity contribution is 5.69. The van der Waals surface area contributed by atoms with Crippen LogP contribution in [0.15, 0.2) is 12.7 Å². The van der Waals surface area contributed by atoms with E-state index < -0.39 is 17.7 Å². The Morgan fingerprint density at radius 1 is 1.50 bits per heavy atom. The molecule has 1 atom stereocenters. The predicted molar refractivity (Wildman–Crippen MR) is 54.2 cm³/mol. The van der Waals surface area contributed by atoms with Crippen LogP contribution in [0.1, 0.15) is 13.8 Å². The number of carboxylic acid groups (broad SMARTS) is 1. The third kappa shape index (κ3) is 3.89. The lowest BCUT2D eigenvalue weighted by molar-refractivity contribution is -0.893. The van der Waals surface area contributed by atoms with Gasteiger partial charge in [-0.15, -0.1) is 6.58 Å². The maximum absolute atomic E-state index is 10.9. The van der Waals surface area contributed by atoms with Crippen LogP contribution in [0.2, 0.25) is 0 Å². The highest BCUT2D eigenvalue weighted by Crippen LogP contribution is 2.08. The summed E-state index contributed by atoms with van der Waals surface area (Å²) in [5, 5.41) is 13.9. The van der Waals surface area contributed by atoms with Gasteiger partial charge >= 0.3 is 0 Å². The molecule has 0 saturated heterocycles.